The van der Waals surface area contributed by atoms with Crippen LogP contribution >= 0.6 is 11.6 Å². The fraction of sp³-hybridized carbons (Fsp3) is 0.348. The number of carbonyl (C=O) groups excluding carboxylic acids is 1. The molecule has 0 unspecified atom stereocenters. The van der Waals surface area contributed by atoms with Gasteiger partial charge in [0.25, 0.3) is 5.91 Å². The highest BCUT2D eigenvalue weighted by atomic mass is 35.5. The van der Waals surface area contributed by atoms with Gasteiger partial charge in [-0.3, -0.25) is 4.79 Å². The van der Waals surface area contributed by atoms with Gasteiger partial charge in [0.15, 0.2) is 5.82 Å². The predicted octanol–water partition coefficient (Wildman–Crippen LogP) is 3.76. The van der Waals surface area contributed by atoms with Crippen LogP contribution in [0.4, 0.5) is 0 Å². The zero-order valence-corrected chi connectivity index (χ0v) is 17.7. The zero-order valence-electron chi connectivity index (χ0n) is 17.0. The van der Waals surface area contributed by atoms with Crippen molar-refractivity contribution >= 4 is 17.5 Å². The molecule has 1 amide bonds. The van der Waals surface area contributed by atoms with Crippen LogP contribution in [-0.2, 0) is 4.74 Å². The topological polar surface area (TPSA) is 69.5 Å². The lowest BCUT2D eigenvalue weighted by Gasteiger charge is -2.39. The first-order valence-electron chi connectivity index (χ1n) is 10.4. The van der Waals surface area contributed by atoms with E-state index < -0.39 is 0 Å². The van der Waals surface area contributed by atoms with E-state index in [0.717, 1.165) is 19.3 Å². The molecule has 2 aliphatic rings. The Morgan fingerprint density at radius 1 is 1.23 bits per heavy atom. The molecule has 1 spiro atoms. The quantitative estimate of drug-likeness (QED) is 0.620. The Morgan fingerprint density at radius 3 is 2.90 bits per heavy atom. The van der Waals surface area contributed by atoms with Crippen LogP contribution in [-0.4, -0.2) is 57.0 Å². The van der Waals surface area contributed by atoms with Crippen molar-refractivity contribution in [1.82, 2.24) is 19.7 Å². The molecule has 7 nitrogen and oxygen atoms in total. The van der Waals surface area contributed by atoms with Gasteiger partial charge in [-0.15, -0.1) is 0 Å². The molecule has 0 aliphatic carbocycles. The lowest BCUT2D eigenvalue weighted by molar-refractivity contribution is -0.0453. The first-order chi connectivity index (χ1) is 15.1. The second-order valence-electron chi connectivity index (χ2n) is 8.05. The highest BCUT2D eigenvalue weighted by Crippen LogP contribution is 2.37. The van der Waals surface area contributed by atoms with Crippen molar-refractivity contribution < 1.29 is 14.3 Å². The van der Waals surface area contributed by atoms with Crippen molar-refractivity contribution in [3.05, 3.63) is 71.6 Å². The van der Waals surface area contributed by atoms with Crippen LogP contribution in [0.5, 0.6) is 5.75 Å². The Labute approximate surface area is 185 Å². The maximum absolute atomic E-state index is 13.1. The average molecular weight is 439 g/mol. The molecular formula is C23H23ClN4O3. The maximum atomic E-state index is 13.1. The molecule has 1 aromatic carbocycles. The number of hydrogen-bond acceptors (Lipinski definition) is 5. The monoisotopic (exact) mass is 438 g/mol. The fourth-order valence-corrected chi connectivity index (χ4v) is 4.57. The summed E-state index contributed by atoms with van der Waals surface area (Å²) < 4.78 is 13.9. The van der Waals surface area contributed by atoms with E-state index in [9.17, 15) is 4.79 Å². The van der Waals surface area contributed by atoms with E-state index in [1.165, 1.54) is 0 Å². The van der Waals surface area contributed by atoms with Crippen molar-refractivity contribution in [1.29, 1.82) is 0 Å². The Morgan fingerprint density at radius 2 is 2.13 bits per heavy atom. The predicted molar refractivity (Wildman–Crippen MR) is 116 cm³/mol. The van der Waals surface area contributed by atoms with Crippen molar-refractivity contribution in [2.75, 3.05) is 19.7 Å². The molecule has 2 fully saturated rings. The number of amides is 1. The molecule has 2 aromatic heterocycles. The lowest BCUT2D eigenvalue weighted by atomic mass is 9.89. The van der Waals surface area contributed by atoms with E-state index >= 15 is 0 Å². The SMILES string of the molecule is O=C(c1ccc(-n2cccn2)nc1)N1CCC[C@]2(C[C@@H](Oc3ccccc3Cl)CO2)C1. The summed E-state index contributed by atoms with van der Waals surface area (Å²) in [6.07, 6.45) is 7.58. The number of ether oxygens (including phenoxy) is 2. The second-order valence-corrected chi connectivity index (χ2v) is 8.46. The number of hydrogen-bond donors (Lipinski definition) is 0. The standard InChI is InChI=1S/C23H23ClN4O3/c24-19-5-1-2-6-20(19)31-18-13-23(30-15-18)9-3-11-27(16-23)22(29)17-7-8-21(25-14-17)28-12-4-10-26-28/h1-2,4-8,10,12,14,18H,3,9,11,13,15-16H2/t18-,23+/m1/s1. The minimum Gasteiger partial charge on any atom is -0.486 e. The molecule has 8 heteroatoms. The van der Waals surface area contributed by atoms with Gasteiger partial charge in [0.2, 0.25) is 0 Å². The Hall–Kier alpha value is -2.90. The highest BCUT2D eigenvalue weighted by molar-refractivity contribution is 6.32. The Kier molecular flexibility index (Phi) is 5.38. The van der Waals surface area contributed by atoms with Gasteiger partial charge in [-0.25, -0.2) is 9.67 Å². The summed E-state index contributed by atoms with van der Waals surface area (Å²) in [4.78, 5) is 19.4. The third-order valence-corrected chi connectivity index (χ3v) is 6.18. The van der Waals surface area contributed by atoms with Gasteiger partial charge >= 0.3 is 0 Å². The highest BCUT2D eigenvalue weighted by Gasteiger charge is 2.45. The Bertz CT molecular complexity index is 1060. The summed E-state index contributed by atoms with van der Waals surface area (Å²) >= 11 is 6.23. The van der Waals surface area contributed by atoms with Gasteiger partial charge in [0.1, 0.15) is 11.9 Å². The summed E-state index contributed by atoms with van der Waals surface area (Å²) in [6.45, 7) is 1.75. The molecule has 0 N–H and O–H groups in total. The third-order valence-electron chi connectivity index (χ3n) is 5.87. The fourth-order valence-electron chi connectivity index (χ4n) is 4.39. The molecule has 2 aliphatic heterocycles. The average Bonchev–Trinajstić information content (AvgIpc) is 3.46. The molecule has 2 atom stereocenters. The number of benzene rings is 1. The minimum atomic E-state index is -0.373. The molecule has 0 bridgehead atoms. The summed E-state index contributed by atoms with van der Waals surface area (Å²) in [5, 5.41) is 4.76. The van der Waals surface area contributed by atoms with Crippen molar-refractivity contribution in [2.24, 2.45) is 0 Å². The number of pyridine rings is 1. The molecule has 160 valence electrons. The number of aromatic nitrogens is 3. The van der Waals surface area contributed by atoms with E-state index in [-0.39, 0.29) is 17.6 Å². The number of piperidine rings is 1. The van der Waals surface area contributed by atoms with Crippen molar-refractivity contribution in [2.45, 2.75) is 31.0 Å². The van der Waals surface area contributed by atoms with Crippen molar-refractivity contribution in [3.8, 4) is 11.6 Å². The van der Waals surface area contributed by atoms with Gasteiger partial charge in [0.05, 0.1) is 29.3 Å². The molecule has 2 saturated heterocycles. The van der Waals surface area contributed by atoms with Crippen molar-refractivity contribution in [3.63, 3.8) is 0 Å². The van der Waals surface area contributed by atoms with E-state index in [2.05, 4.69) is 10.1 Å². The van der Waals surface area contributed by atoms with E-state index in [1.807, 2.05) is 41.4 Å². The molecular weight excluding hydrogens is 416 g/mol. The van der Waals surface area contributed by atoms with Gasteiger partial charge in [-0.05, 0) is 43.2 Å². The summed E-state index contributed by atoms with van der Waals surface area (Å²) in [5.41, 5.74) is 0.192. The van der Waals surface area contributed by atoms with Crippen LogP contribution in [0.2, 0.25) is 5.02 Å². The lowest BCUT2D eigenvalue weighted by Crippen LogP contribution is -2.50. The summed E-state index contributed by atoms with van der Waals surface area (Å²) in [6, 6.07) is 12.9. The molecule has 3 aromatic rings. The van der Waals surface area contributed by atoms with E-state index in [4.69, 9.17) is 21.1 Å². The van der Waals surface area contributed by atoms with Crippen LogP contribution in [0.1, 0.15) is 29.6 Å². The van der Waals surface area contributed by atoms with Crippen LogP contribution < -0.4 is 4.74 Å². The number of rotatable bonds is 4. The molecule has 0 saturated carbocycles. The molecule has 5 rings (SSSR count). The van der Waals surface area contributed by atoms with Crippen LogP contribution in [0.15, 0.2) is 61.1 Å². The first kappa shape index (κ1) is 20.0. The molecule has 4 heterocycles. The number of nitrogens with zero attached hydrogens (tertiary/aromatic N) is 4. The van der Waals surface area contributed by atoms with E-state index in [1.54, 1.807) is 29.2 Å². The maximum Gasteiger partial charge on any atom is 0.255 e. The number of halogens is 1. The zero-order chi connectivity index (χ0) is 21.3. The van der Waals surface area contributed by atoms with Gasteiger partial charge in [0, 0.05) is 31.6 Å². The molecule has 31 heavy (non-hydrogen) atoms. The Balaban J connectivity index is 1.25. The number of para-hydroxylation sites is 1. The van der Waals surface area contributed by atoms with Crippen LogP contribution in [0.3, 0.4) is 0 Å². The summed E-state index contributed by atoms with van der Waals surface area (Å²) in [7, 11) is 0. The largest absolute Gasteiger partial charge is 0.486 e. The summed E-state index contributed by atoms with van der Waals surface area (Å²) in [5.74, 6) is 1.31. The molecule has 0 radical (unpaired) electrons. The van der Waals surface area contributed by atoms with Crippen LogP contribution in [0.25, 0.3) is 5.82 Å². The van der Waals surface area contributed by atoms with Gasteiger partial charge in [-0.1, -0.05) is 23.7 Å². The third kappa shape index (κ3) is 4.16. The van der Waals surface area contributed by atoms with Gasteiger partial charge in [-0.2, -0.15) is 5.10 Å². The second kappa shape index (κ2) is 8.32. The van der Waals surface area contributed by atoms with Gasteiger partial charge < -0.3 is 14.4 Å². The first-order valence-corrected chi connectivity index (χ1v) is 10.8. The van der Waals surface area contributed by atoms with Crippen LogP contribution in [0, 0.1) is 0 Å². The normalized spacial score (nSPS) is 23.3. The van der Waals surface area contributed by atoms with E-state index in [0.29, 0.717) is 41.8 Å². The minimum absolute atomic E-state index is 0.0299. The smallest absolute Gasteiger partial charge is 0.255 e. The number of carbonyl (C=O) groups is 1. The number of likely N-dealkylation sites (tertiary alicyclic amines) is 1.